The van der Waals surface area contributed by atoms with Crippen molar-refractivity contribution in [2.45, 2.75) is 58.9 Å². The van der Waals surface area contributed by atoms with Gasteiger partial charge in [0.15, 0.2) is 0 Å². The molecular weight excluding hydrogens is 284 g/mol. The van der Waals surface area contributed by atoms with Crippen LogP contribution >= 0.6 is 11.6 Å². The van der Waals surface area contributed by atoms with Crippen molar-refractivity contribution in [3.05, 3.63) is 28.5 Å². The molecule has 0 bridgehead atoms. The Hall–Kier alpha value is -1.09. The first-order valence-corrected chi connectivity index (χ1v) is 8.24. The minimum absolute atomic E-state index is 0.101. The van der Waals surface area contributed by atoms with Crippen molar-refractivity contribution < 1.29 is 4.79 Å². The second-order valence-corrected chi connectivity index (χ2v) is 7.06. The molecule has 1 heterocycles. The summed E-state index contributed by atoms with van der Waals surface area (Å²) in [4.78, 5) is 19.1. The molecule has 0 saturated heterocycles. The highest BCUT2D eigenvalue weighted by atomic mass is 35.5. The summed E-state index contributed by atoms with van der Waals surface area (Å²) in [6.45, 7) is 9.33. The number of aromatic nitrogens is 1. The van der Waals surface area contributed by atoms with Gasteiger partial charge in [-0.05, 0) is 43.2 Å². The van der Waals surface area contributed by atoms with Gasteiger partial charge in [0.2, 0.25) is 0 Å². The van der Waals surface area contributed by atoms with Gasteiger partial charge in [0.25, 0.3) is 5.91 Å². The van der Waals surface area contributed by atoms with Gasteiger partial charge in [-0.2, -0.15) is 0 Å². The number of amides is 1. The Morgan fingerprint density at radius 3 is 2.52 bits per heavy atom. The van der Waals surface area contributed by atoms with E-state index in [1.807, 2.05) is 11.0 Å². The third-order valence-electron chi connectivity index (χ3n) is 3.85. The highest BCUT2D eigenvalue weighted by Gasteiger charge is 2.33. The fourth-order valence-corrected chi connectivity index (χ4v) is 2.55. The fourth-order valence-electron chi connectivity index (χ4n) is 2.34. The smallest absolute Gasteiger partial charge is 0.254 e. The van der Waals surface area contributed by atoms with Crippen molar-refractivity contribution in [3.63, 3.8) is 0 Å². The quantitative estimate of drug-likeness (QED) is 0.724. The summed E-state index contributed by atoms with van der Waals surface area (Å²) in [5.74, 6) is 0.968. The summed E-state index contributed by atoms with van der Waals surface area (Å²) in [6.07, 6.45) is 3.29. The van der Waals surface area contributed by atoms with Crippen LogP contribution < -0.4 is 0 Å². The molecule has 3 nitrogen and oxygen atoms in total. The Morgan fingerprint density at radius 1 is 1.33 bits per heavy atom. The summed E-state index contributed by atoms with van der Waals surface area (Å²) >= 11 is 6.08. The molecule has 0 radical (unpaired) electrons. The lowest BCUT2D eigenvalue weighted by molar-refractivity contribution is 0.0735. The summed E-state index contributed by atoms with van der Waals surface area (Å²) in [5, 5.41) is 0.407. The maximum atomic E-state index is 12.8. The van der Waals surface area contributed by atoms with Crippen LogP contribution in [-0.4, -0.2) is 28.4 Å². The topological polar surface area (TPSA) is 33.2 Å². The fraction of sp³-hybridized carbons (Fsp3) is 0.647. The standard InChI is InChI=1S/C17H25ClN2O/c1-11(2)7-8-20(14-5-6-14)17(21)13-9-15(12(3)4)19-16(18)10-13/h9-12,14H,5-8H2,1-4H3. The van der Waals surface area contributed by atoms with E-state index in [4.69, 9.17) is 11.6 Å². The maximum absolute atomic E-state index is 12.8. The first-order valence-electron chi connectivity index (χ1n) is 7.87. The van der Waals surface area contributed by atoms with Crippen LogP contribution in [0.4, 0.5) is 0 Å². The second-order valence-electron chi connectivity index (χ2n) is 6.67. The predicted molar refractivity (Wildman–Crippen MR) is 86.8 cm³/mol. The molecule has 0 unspecified atom stereocenters. The minimum atomic E-state index is 0.101. The number of hydrogen-bond donors (Lipinski definition) is 0. The van der Waals surface area contributed by atoms with Gasteiger partial charge in [0.05, 0.1) is 0 Å². The van der Waals surface area contributed by atoms with Gasteiger partial charge in [0, 0.05) is 23.8 Å². The maximum Gasteiger partial charge on any atom is 0.254 e. The predicted octanol–water partition coefficient (Wildman–Crippen LogP) is 4.51. The first-order chi connectivity index (χ1) is 9.88. The monoisotopic (exact) mass is 308 g/mol. The molecule has 1 aliphatic carbocycles. The van der Waals surface area contributed by atoms with Gasteiger partial charge < -0.3 is 4.90 Å². The second kappa shape index (κ2) is 6.78. The molecule has 4 heteroatoms. The molecule has 0 aromatic carbocycles. The number of pyridine rings is 1. The van der Waals surface area contributed by atoms with Gasteiger partial charge in [-0.15, -0.1) is 0 Å². The van der Waals surface area contributed by atoms with E-state index in [0.717, 1.165) is 31.5 Å². The molecule has 1 amide bonds. The van der Waals surface area contributed by atoms with Gasteiger partial charge >= 0.3 is 0 Å². The van der Waals surface area contributed by atoms with Crippen molar-refractivity contribution in [1.29, 1.82) is 0 Å². The molecule has 0 aliphatic heterocycles. The van der Waals surface area contributed by atoms with Crippen molar-refractivity contribution >= 4 is 17.5 Å². The van der Waals surface area contributed by atoms with Gasteiger partial charge in [0.1, 0.15) is 5.15 Å². The molecular formula is C17H25ClN2O. The lowest BCUT2D eigenvalue weighted by atomic mass is 10.1. The number of rotatable bonds is 6. The van der Waals surface area contributed by atoms with E-state index in [1.165, 1.54) is 0 Å². The zero-order chi connectivity index (χ0) is 15.6. The largest absolute Gasteiger partial charge is 0.336 e. The molecule has 116 valence electrons. The van der Waals surface area contributed by atoms with Gasteiger partial charge in [-0.25, -0.2) is 4.98 Å². The molecule has 2 rings (SSSR count). The number of carbonyl (C=O) groups is 1. The van der Waals surface area contributed by atoms with Crippen LogP contribution in [0.2, 0.25) is 5.15 Å². The van der Waals surface area contributed by atoms with Crippen LogP contribution in [0.1, 0.15) is 68.9 Å². The Labute approximate surface area is 132 Å². The van der Waals surface area contributed by atoms with Crippen LogP contribution in [0, 0.1) is 5.92 Å². The number of hydrogen-bond acceptors (Lipinski definition) is 2. The van der Waals surface area contributed by atoms with E-state index >= 15 is 0 Å². The van der Waals surface area contributed by atoms with Crippen molar-refractivity contribution in [2.24, 2.45) is 5.92 Å². The van der Waals surface area contributed by atoms with Crippen LogP contribution in [-0.2, 0) is 0 Å². The Bertz CT molecular complexity index is 510. The minimum Gasteiger partial charge on any atom is -0.336 e. The first kappa shape index (κ1) is 16.3. The van der Waals surface area contributed by atoms with Gasteiger partial charge in [-0.1, -0.05) is 39.3 Å². The van der Waals surface area contributed by atoms with Crippen molar-refractivity contribution in [1.82, 2.24) is 9.88 Å². The molecule has 1 saturated carbocycles. The average molecular weight is 309 g/mol. The normalized spacial score (nSPS) is 14.8. The zero-order valence-electron chi connectivity index (χ0n) is 13.4. The SMILES string of the molecule is CC(C)CCN(C(=O)c1cc(Cl)nc(C(C)C)c1)C1CC1. The highest BCUT2D eigenvalue weighted by molar-refractivity contribution is 6.29. The van der Waals surface area contributed by atoms with E-state index in [0.29, 0.717) is 22.7 Å². The third-order valence-corrected chi connectivity index (χ3v) is 4.04. The highest BCUT2D eigenvalue weighted by Crippen LogP contribution is 2.29. The van der Waals surface area contributed by atoms with Crippen LogP contribution in [0.15, 0.2) is 12.1 Å². The van der Waals surface area contributed by atoms with Crippen LogP contribution in [0.3, 0.4) is 0 Å². The van der Waals surface area contributed by atoms with Crippen LogP contribution in [0.25, 0.3) is 0 Å². The lowest BCUT2D eigenvalue weighted by Gasteiger charge is -2.24. The van der Waals surface area contributed by atoms with E-state index in [-0.39, 0.29) is 11.8 Å². The zero-order valence-corrected chi connectivity index (χ0v) is 14.2. The molecule has 1 aliphatic rings. The van der Waals surface area contributed by atoms with Crippen molar-refractivity contribution in [2.75, 3.05) is 6.54 Å². The Morgan fingerprint density at radius 2 is 2.00 bits per heavy atom. The molecule has 0 spiro atoms. The number of halogens is 1. The molecule has 21 heavy (non-hydrogen) atoms. The Balaban J connectivity index is 2.20. The van der Waals surface area contributed by atoms with Gasteiger partial charge in [-0.3, -0.25) is 4.79 Å². The molecule has 1 aromatic heterocycles. The molecule has 1 fully saturated rings. The molecule has 1 aromatic rings. The van der Waals surface area contributed by atoms with Crippen molar-refractivity contribution in [3.8, 4) is 0 Å². The Kier molecular flexibility index (Phi) is 5.26. The molecule has 0 N–H and O–H groups in total. The third kappa shape index (κ3) is 4.44. The van der Waals surface area contributed by atoms with E-state index in [2.05, 4.69) is 32.7 Å². The summed E-state index contributed by atoms with van der Waals surface area (Å²) < 4.78 is 0. The molecule has 0 atom stereocenters. The number of nitrogens with zero attached hydrogens (tertiary/aromatic N) is 2. The van der Waals surface area contributed by atoms with E-state index < -0.39 is 0 Å². The number of carbonyl (C=O) groups excluding carboxylic acids is 1. The summed E-state index contributed by atoms with van der Waals surface area (Å²) in [5.41, 5.74) is 1.56. The average Bonchev–Trinajstić information content (AvgIpc) is 3.22. The van der Waals surface area contributed by atoms with Crippen LogP contribution in [0.5, 0.6) is 0 Å². The van der Waals surface area contributed by atoms with E-state index in [1.54, 1.807) is 6.07 Å². The van der Waals surface area contributed by atoms with E-state index in [9.17, 15) is 4.79 Å². The lowest BCUT2D eigenvalue weighted by Crippen LogP contribution is -2.34. The summed E-state index contributed by atoms with van der Waals surface area (Å²) in [6, 6.07) is 4.01. The summed E-state index contributed by atoms with van der Waals surface area (Å²) in [7, 11) is 0.